The average molecular weight is 223 g/mol. The number of nitrogens with one attached hydrogen (secondary N) is 1. The number of nitrogens with zero attached hydrogens (tertiary/aromatic N) is 1. The minimum Gasteiger partial charge on any atom is -0.364 e. The number of aryl methyl sites for hydroxylation is 1. The van der Waals surface area contributed by atoms with E-state index in [1.54, 1.807) is 6.07 Å². The van der Waals surface area contributed by atoms with Crippen LogP contribution in [0.1, 0.15) is 22.5 Å². The van der Waals surface area contributed by atoms with E-state index in [1.165, 1.54) is 19.4 Å². The van der Waals surface area contributed by atoms with Gasteiger partial charge in [-0.25, -0.2) is 5.48 Å². The van der Waals surface area contributed by atoms with Crippen molar-refractivity contribution in [2.45, 2.75) is 12.8 Å². The summed E-state index contributed by atoms with van der Waals surface area (Å²) >= 11 is 0. The Morgan fingerprint density at radius 2 is 2.25 bits per heavy atom. The molecule has 0 unspecified atom stereocenters. The standard InChI is InChI=1S/C10H13N3O3/c1-16-13-9(14)5-3-7-2-4-8(10(11)15)12-6-7/h2,4,6H,3,5H2,1H3,(H2,11,15)(H,13,14). The minimum absolute atomic E-state index is 0.207. The van der Waals surface area contributed by atoms with Crippen LogP contribution in [-0.2, 0) is 16.1 Å². The Balaban J connectivity index is 2.49. The highest BCUT2D eigenvalue weighted by molar-refractivity contribution is 5.90. The Kier molecular flexibility index (Phi) is 4.41. The highest BCUT2D eigenvalue weighted by Crippen LogP contribution is 2.03. The van der Waals surface area contributed by atoms with E-state index in [-0.39, 0.29) is 11.6 Å². The quantitative estimate of drug-likeness (QED) is 0.675. The van der Waals surface area contributed by atoms with Crippen LogP contribution in [0.25, 0.3) is 0 Å². The molecule has 2 amide bonds. The van der Waals surface area contributed by atoms with E-state index in [9.17, 15) is 9.59 Å². The van der Waals surface area contributed by atoms with Gasteiger partial charge in [-0.3, -0.25) is 19.4 Å². The van der Waals surface area contributed by atoms with Crippen LogP contribution in [0, 0.1) is 0 Å². The molecule has 0 bridgehead atoms. The van der Waals surface area contributed by atoms with Gasteiger partial charge in [0.2, 0.25) is 5.91 Å². The van der Waals surface area contributed by atoms with Gasteiger partial charge < -0.3 is 5.73 Å². The van der Waals surface area contributed by atoms with Crippen LogP contribution in [0.15, 0.2) is 18.3 Å². The van der Waals surface area contributed by atoms with Gasteiger partial charge in [-0.05, 0) is 18.1 Å². The number of pyridine rings is 1. The van der Waals surface area contributed by atoms with Crippen molar-refractivity contribution >= 4 is 11.8 Å². The lowest BCUT2D eigenvalue weighted by molar-refractivity contribution is -0.131. The molecule has 6 heteroatoms. The zero-order chi connectivity index (χ0) is 12.0. The first-order valence-corrected chi connectivity index (χ1v) is 4.70. The Morgan fingerprint density at radius 1 is 1.50 bits per heavy atom. The SMILES string of the molecule is CONC(=O)CCc1ccc(C(N)=O)nc1. The fraction of sp³-hybridized carbons (Fsp3) is 0.300. The first-order valence-electron chi connectivity index (χ1n) is 4.70. The summed E-state index contributed by atoms with van der Waals surface area (Å²) in [6.45, 7) is 0. The summed E-state index contributed by atoms with van der Waals surface area (Å²) in [6, 6.07) is 3.25. The molecule has 1 heterocycles. The molecule has 0 atom stereocenters. The highest BCUT2D eigenvalue weighted by Gasteiger charge is 2.04. The van der Waals surface area contributed by atoms with Crippen LogP contribution < -0.4 is 11.2 Å². The van der Waals surface area contributed by atoms with Gasteiger partial charge in [-0.15, -0.1) is 0 Å². The maximum Gasteiger partial charge on any atom is 0.267 e. The monoisotopic (exact) mass is 223 g/mol. The molecular formula is C10H13N3O3. The van der Waals surface area contributed by atoms with Crippen molar-refractivity contribution in [3.05, 3.63) is 29.6 Å². The number of hydrogen-bond donors (Lipinski definition) is 2. The third-order valence-electron chi connectivity index (χ3n) is 1.93. The number of hydroxylamine groups is 1. The summed E-state index contributed by atoms with van der Waals surface area (Å²) in [4.78, 5) is 30.1. The molecule has 1 aromatic rings. The molecule has 6 nitrogen and oxygen atoms in total. The van der Waals surface area contributed by atoms with Crippen molar-refractivity contribution in [1.82, 2.24) is 10.5 Å². The summed E-state index contributed by atoms with van der Waals surface area (Å²) in [7, 11) is 1.38. The molecule has 0 aliphatic heterocycles. The smallest absolute Gasteiger partial charge is 0.267 e. The zero-order valence-electron chi connectivity index (χ0n) is 8.90. The molecule has 0 fully saturated rings. The van der Waals surface area contributed by atoms with E-state index >= 15 is 0 Å². The van der Waals surface area contributed by atoms with Crippen molar-refractivity contribution in [3.63, 3.8) is 0 Å². The van der Waals surface area contributed by atoms with Gasteiger partial charge in [-0.2, -0.15) is 0 Å². The molecule has 0 saturated heterocycles. The van der Waals surface area contributed by atoms with E-state index in [2.05, 4.69) is 15.3 Å². The van der Waals surface area contributed by atoms with E-state index in [1.807, 2.05) is 0 Å². The number of hydrogen-bond acceptors (Lipinski definition) is 4. The average Bonchev–Trinajstić information content (AvgIpc) is 2.27. The molecular weight excluding hydrogens is 210 g/mol. The molecule has 3 N–H and O–H groups in total. The van der Waals surface area contributed by atoms with E-state index in [0.717, 1.165) is 5.56 Å². The van der Waals surface area contributed by atoms with Crippen molar-refractivity contribution in [1.29, 1.82) is 0 Å². The minimum atomic E-state index is -0.566. The molecule has 0 saturated carbocycles. The lowest BCUT2D eigenvalue weighted by Gasteiger charge is -2.02. The maximum absolute atomic E-state index is 11.1. The highest BCUT2D eigenvalue weighted by atomic mass is 16.6. The summed E-state index contributed by atoms with van der Waals surface area (Å²) < 4.78 is 0. The molecule has 16 heavy (non-hydrogen) atoms. The molecule has 1 aromatic heterocycles. The third kappa shape index (κ3) is 3.66. The van der Waals surface area contributed by atoms with Crippen LogP contribution in [0.3, 0.4) is 0 Å². The molecule has 0 spiro atoms. The van der Waals surface area contributed by atoms with Gasteiger partial charge in [0, 0.05) is 12.6 Å². The Labute approximate surface area is 92.8 Å². The number of primary amides is 1. The third-order valence-corrected chi connectivity index (χ3v) is 1.93. The number of nitrogens with two attached hydrogens (primary N) is 1. The predicted octanol–water partition coefficient (Wildman–Crippen LogP) is -0.209. The van der Waals surface area contributed by atoms with Gasteiger partial charge in [-0.1, -0.05) is 6.07 Å². The first-order chi connectivity index (χ1) is 7.63. The van der Waals surface area contributed by atoms with Crippen LogP contribution in [0.4, 0.5) is 0 Å². The molecule has 1 rings (SSSR count). The van der Waals surface area contributed by atoms with Crippen molar-refractivity contribution in [2.75, 3.05) is 7.11 Å². The van der Waals surface area contributed by atoms with E-state index < -0.39 is 5.91 Å². The van der Waals surface area contributed by atoms with Gasteiger partial charge >= 0.3 is 0 Å². The first kappa shape index (κ1) is 12.1. The molecule has 0 aromatic carbocycles. The van der Waals surface area contributed by atoms with Gasteiger partial charge in [0.15, 0.2) is 0 Å². The lowest BCUT2D eigenvalue weighted by atomic mass is 10.1. The normalized spacial score (nSPS) is 9.81. The lowest BCUT2D eigenvalue weighted by Crippen LogP contribution is -2.22. The topological polar surface area (TPSA) is 94.3 Å². The zero-order valence-corrected chi connectivity index (χ0v) is 8.90. The van der Waals surface area contributed by atoms with Crippen LogP contribution in [-0.4, -0.2) is 23.9 Å². The van der Waals surface area contributed by atoms with Gasteiger partial charge in [0.05, 0.1) is 7.11 Å². The van der Waals surface area contributed by atoms with Crippen molar-refractivity contribution in [2.24, 2.45) is 5.73 Å². The molecule has 0 radical (unpaired) electrons. The fourth-order valence-electron chi connectivity index (χ4n) is 1.14. The Morgan fingerprint density at radius 3 is 2.75 bits per heavy atom. The van der Waals surface area contributed by atoms with Gasteiger partial charge in [0.25, 0.3) is 5.91 Å². The number of aromatic nitrogens is 1. The largest absolute Gasteiger partial charge is 0.364 e. The molecule has 0 aliphatic carbocycles. The van der Waals surface area contributed by atoms with Crippen LogP contribution in [0.5, 0.6) is 0 Å². The Bertz CT molecular complexity index is 375. The van der Waals surface area contributed by atoms with Crippen LogP contribution in [0.2, 0.25) is 0 Å². The van der Waals surface area contributed by atoms with E-state index in [0.29, 0.717) is 12.8 Å². The fourth-order valence-corrected chi connectivity index (χ4v) is 1.14. The predicted molar refractivity (Wildman–Crippen MR) is 56.2 cm³/mol. The second-order valence-electron chi connectivity index (χ2n) is 3.15. The second-order valence-corrected chi connectivity index (χ2v) is 3.15. The number of amides is 2. The number of rotatable bonds is 5. The molecule has 86 valence electrons. The number of carbonyl (C=O) groups is 2. The summed E-state index contributed by atoms with van der Waals surface area (Å²) in [5, 5.41) is 0. The summed E-state index contributed by atoms with van der Waals surface area (Å²) in [5.74, 6) is -0.773. The van der Waals surface area contributed by atoms with Crippen LogP contribution >= 0.6 is 0 Å². The van der Waals surface area contributed by atoms with Crippen molar-refractivity contribution < 1.29 is 14.4 Å². The van der Waals surface area contributed by atoms with E-state index in [4.69, 9.17) is 5.73 Å². The second kappa shape index (κ2) is 5.82. The maximum atomic E-state index is 11.1. The van der Waals surface area contributed by atoms with Gasteiger partial charge in [0.1, 0.15) is 5.69 Å². The molecule has 0 aliphatic rings. The van der Waals surface area contributed by atoms with Crippen molar-refractivity contribution in [3.8, 4) is 0 Å². The summed E-state index contributed by atoms with van der Waals surface area (Å²) in [5.41, 5.74) is 8.33. The Hall–Kier alpha value is -1.95. The summed E-state index contributed by atoms with van der Waals surface area (Å²) in [6.07, 6.45) is 2.35. The number of carbonyl (C=O) groups excluding carboxylic acids is 2.